The molecule has 2 aliphatic heterocycles. The van der Waals surface area contributed by atoms with E-state index in [-0.39, 0.29) is 39.9 Å². The van der Waals surface area contributed by atoms with E-state index < -0.39 is 82.1 Å². The predicted molar refractivity (Wildman–Crippen MR) is 175 cm³/mol. The van der Waals surface area contributed by atoms with E-state index in [4.69, 9.17) is 27.9 Å². The normalized spacial score (nSPS) is 27.3. The quantitative estimate of drug-likeness (QED) is 0.178. The second-order valence-corrected chi connectivity index (χ2v) is 14.0. The van der Waals surface area contributed by atoms with Crippen LogP contribution in [-0.2, 0) is 25.4 Å². The average molecular weight is 748 g/mol. The number of carbonyl (C=O) groups is 4. The Hall–Kier alpha value is -4.69. The zero-order valence-electron chi connectivity index (χ0n) is 27.0. The minimum Gasteiger partial charge on any atom is -0.508 e. The highest BCUT2D eigenvalue weighted by molar-refractivity contribution is 6.33. The molecular weight excluding hydrogens is 719 g/mol. The summed E-state index contributed by atoms with van der Waals surface area (Å²) >= 11 is 12.3. The summed E-state index contributed by atoms with van der Waals surface area (Å²) < 4.78 is 60.1. The number of nitrogens with zero attached hydrogens (tertiary/aromatic N) is 4. The summed E-state index contributed by atoms with van der Waals surface area (Å²) in [5.74, 6) is -8.83. The van der Waals surface area contributed by atoms with Crippen molar-refractivity contribution < 1.29 is 46.6 Å². The molecule has 4 aliphatic rings. The molecule has 2 saturated heterocycles. The zero-order valence-corrected chi connectivity index (χ0v) is 28.6. The Labute approximate surface area is 298 Å². The SMILES string of the molecule is COc1ccc([C@H]2C3=CC[C@@H]4C(=O)N(N(C)c5nc(C(F)(F)F)ccc5Cl)C(=O)[C@@H]4[C@@H]3C[C@H]3C(=O)N(c4ccc(F)c(Cl)c4)C(=O)[C@@]23C)c(O)c1. The van der Waals surface area contributed by atoms with Gasteiger partial charge in [-0.3, -0.25) is 24.2 Å². The number of imide groups is 2. The Bertz CT molecular complexity index is 2080. The number of phenolic OH excluding ortho intramolecular Hbond substituents is 1. The molecule has 1 saturated carbocycles. The van der Waals surface area contributed by atoms with Gasteiger partial charge in [-0.25, -0.2) is 14.3 Å². The number of aromatic hydroxyl groups is 1. The lowest BCUT2D eigenvalue weighted by molar-refractivity contribution is -0.141. The molecule has 266 valence electrons. The van der Waals surface area contributed by atoms with Crippen LogP contribution in [0.1, 0.15) is 36.9 Å². The predicted octanol–water partition coefficient (Wildman–Crippen LogP) is 6.54. The summed E-state index contributed by atoms with van der Waals surface area (Å²) in [6.07, 6.45) is -3.14. The number of methoxy groups -OCH3 is 1. The van der Waals surface area contributed by atoms with Crippen LogP contribution in [-0.4, -0.2) is 52.9 Å². The third-order valence-corrected chi connectivity index (χ3v) is 11.3. The second-order valence-electron chi connectivity index (χ2n) is 13.2. The van der Waals surface area contributed by atoms with Gasteiger partial charge in [0.05, 0.1) is 46.0 Å². The fourth-order valence-corrected chi connectivity index (χ4v) is 8.72. The first-order valence-corrected chi connectivity index (χ1v) is 16.5. The van der Waals surface area contributed by atoms with Crippen molar-refractivity contribution >= 4 is 58.3 Å². The second kappa shape index (κ2) is 11.9. The van der Waals surface area contributed by atoms with Gasteiger partial charge in [-0.1, -0.05) is 40.9 Å². The van der Waals surface area contributed by atoms with Crippen molar-refractivity contribution in [2.45, 2.75) is 31.9 Å². The molecule has 3 aromatic rings. The molecule has 6 atom stereocenters. The van der Waals surface area contributed by atoms with Crippen LogP contribution in [0.3, 0.4) is 0 Å². The van der Waals surface area contributed by atoms with Crippen molar-refractivity contribution in [3.05, 3.63) is 87.3 Å². The number of fused-ring (bicyclic) bond motifs is 4. The molecule has 0 spiro atoms. The minimum atomic E-state index is -4.83. The van der Waals surface area contributed by atoms with Gasteiger partial charge in [-0.05, 0) is 62.1 Å². The summed E-state index contributed by atoms with van der Waals surface area (Å²) in [6.45, 7) is 1.60. The van der Waals surface area contributed by atoms with Gasteiger partial charge in [0, 0.05) is 24.6 Å². The van der Waals surface area contributed by atoms with Crippen LogP contribution in [0.15, 0.2) is 60.2 Å². The van der Waals surface area contributed by atoms with E-state index in [0.717, 1.165) is 33.1 Å². The molecule has 10 nitrogen and oxygen atoms in total. The van der Waals surface area contributed by atoms with Gasteiger partial charge in [0.25, 0.3) is 11.8 Å². The van der Waals surface area contributed by atoms with E-state index in [9.17, 15) is 41.8 Å². The fraction of sp³-hybridized carbons (Fsp3) is 0.343. The van der Waals surface area contributed by atoms with Gasteiger partial charge >= 0.3 is 6.18 Å². The number of alkyl halides is 3. The number of rotatable bonds is 5. The van der Waals surface area contributed by atoms with Crippen LogP contribution in [0.25, 0.3) is 0 Å². The summed E-state index contributed by atoms with van der Waals surface area (Å²) in [5, 5.41) is 12.4. The first-order chi connectivity index (χ1) is 24.0. The number of hydrazine groups is 1. The van der Waals surface area contributed by atoms with Crippen LogP contribution < -0.4 is 14.6 Å². The smallest absolute Gasteiger partial charge is 0.433 e. The van der Waals surface area contributed by atoms with Gasteiger partial charge in [-0.15, -0.1) is 0 Å². The third kappa shape index (κ3) is 5.08. The van der Waals surface area contributed by atoms with Gasteiger partial charge < -0.3 is 9.84 Å². The number of aromatic nitrogens is 1. The van der Waals surface area contributed by atoms with E-state index in [1.807, 2.05) is 0 Å². The number of allylic oxidation sites excluding steroid dienone is 2. The summed E-state index contributed by atoms with van der Waals surface area (Å²) in [6, 6.07) is 9.59. The molecule has 0 bridgehead atoms. The fourth-order valence-electron chi connectivity index (χ4n) is 8.31. The van der Waals surface area contributed by atoms with Crippen LogP contribution in [0.2, 0.25) is 10.0 Å². The first kappa shape index (κ1) is 34.7. The molecule has 0 radical (unpaired) electrons. The average Bonchev–Trinajstić information content (AvgIpc) is 3.45. The number of ether oxygens (including phenoxy) is 1. The number of hydrogen-bond acceptors (Lipinski definition) is 8. The molecule has 7 rings (SSSR count). The van der Waals surface area contributed by atoms with E-state index >= 15 is 0 Å². The van der Waals surface area contributed by atoms with E-state index in [1.54, 1.807) is 25.1 Å². The molecule has 0 unspecified atom stereocenters. The molecule has 3 heterocycles. The highest BCUT2D eigenvalue weighted by atomic mass is 35.5. The summed E-state index contributed by atoms with van der Waals surface area (Å²) in [7, 11) is 2.61. The largest absolute Gasteiger partial charge is 0.508 e. The molecule has 16 heteroatoms. The number of benzene rings is 2. The van der Waals surface area contributed by atoms with Crippen molar-refractivity contribution in [1.29, 1.82) is 0 Å². The standard InChI is InChI=1S/C35H28Cl2F4N4O6/c1-34-21(31(48)44(33(34)50)15-4-10-24(38)23(37)12-15)14-20-17(28(34)18-6-5-16(51-3)13-25(18)46)7-8-19-27(20)32(49)45(30(19)47)43(2)29-22(36)9-11-26(42-29)35(39,40)41/h4-7,9-13,19-21,27-28,46H,8,14H2,1-3H3/t19-,20+,21-,27-,28+,34+/m0/s1. The monoisotopic (exact) mass is 746 g/mol. The van der Waals surface area contributed by atoms with E-state index in [0.29, 0.717) is 17.4 Å². The molecule has 1 N–H and O–H groups in total. The van der Waals surface area contributed by atoms with E-state index in [1.165, 1.54) is 26.3 Å². The van der Waals surface area contributed by atoms with Crippen molar-refractivity contribution in [2.75, 3.05) is 24.1 Å². The van der Waals surface area contributed by atoms with E-state index in [2.05, 4.69) is 4.98 Å². The Kier molecular flexibility index (Phi) is 8.14. The zero-order chi connectivity index (χ0) is 36.9. The topological polar surface area (TPSA) is 120 Å². The van der Waals surface area contributed by atoms with Crippen LogP contribution in [0.5, 0.6) is 11.5 Å². The third-order valence-electron chi connectivity index (χ3n) is 10.7. The maximum Gasteiger partial charge on any atom is 0.433 e. The van der Waals surface area contributed by atoms with Gasteiger partial charge in [0.15, 0.2) is 5.82 Å². The van der Waals surface area contributed by atoms with Crippen LogP contribution in [0.4, 0.5) is 29.1 Å². The number of amides is 4. The Balaban J connectivity index is 1.33. The van der Waals surface area contributed by atoms with Gasteiger partial charge in [0.2, 0.25) is 11.8 Å². The molecule has 3 fully saturated rings. The lowest BCUT2D eigenvalue weighted by atomic mass is 9.51. The molecule has 1 aromatic heterocycles. The molecular formula is C35H28Cl2F4N4O6. The highest BCUT2D eigenvalue weighted by Gasteiger charge is 2.68. The van der Waals surface area contributed by atoms with Crippen LogP contribution in [0, 0.1) is 34.9 Å². The summed E-state index contributed by atoms with van der Waals surface area (Å²) in [4.78, 5) is 61.7. The molecule has 2 aliphatic carbocycles. The van der Waals surface area contributed by atoms with Crippen molar-refractivity contribution in [2.24, 2.45) is 29.1 Å². The lowest BCUT2D eigenvalue weighted by Crippen LogP contribution is -2.49. The number of hydrogen-bond donors (Lipinski definition) is 1. The Morgan fingerprint density at radius 1 is 0.980 bits per heavy atom. The number of carbonyl (C=O) groups excluding carboxylic acids is 4. The number of pyridine rings is 1. The molecule has 2 aromatic carbocycles. The van der Waals surface area contributed by atoms with Crippen molar-refractivity contribution in [3.8, 4) is 11.5 Å². The lowest BCUT2D eigenvalue weighted by Gasteiger charge is -2.49. The van der Waals surface area contributed by atoms with Gasteiger partial charge in [-0.2, -0.15) is 18.2 Å². The molecule has 4 amide bonds. The first-order valence-electron chi connectivity index (χ1n) is 15.8. The number of halogens is 6. The molecule has 51 heavy (non-hydrogen) atoms. The van der Waals surface area contributed by atoms with Crippen LogP contribution >= 0.6 is 23.2 Å². The summed E-state index contributed by atoms with van der Waals surface area (Å²) in [5.41, 5.74) is -1.97. The maximum atomic E-state index is 14.5. The number of anilines is 2. The van der Waals surface area contributed by atoms with Crippen molar-refractivity contribution in [1.82, 2.24) is 9.99 Å². The maximum absolute atomic E-state index is 14.5. The van der Waals surface area contributed by atoms with Gasteiger partial charge in [0.1, 0.15) is 23.0 Å². The van der Waals surface area contributed by atoms with Crippen molar-refractivity contribution in [3.63, 3.8) is 0 Å². The Morgan fingerprint density at radius 3 is 2.35 bits per heavy atom. The Morgan fingerprint density at radius 2 is 1.71 bits per heavy atom. The minimum absolute atomic E-state index is 0.0166. The highest BCUT2D eigenvalue weighted by Crippen LogP contribution is 2.64. The number of phenols is 1.